The first-order valence-electron chi connectivity index (χ1n) is 3.61. The second-order valence-electron chi connectivity index (χ2n) is 3.13. The molecule has 1 atom stereocenters. The first-order chi connectivity index (χ1) is 4.52. The monoisotopic (exact) mass is 142 g/mol. The Hall–Kier alpha value is -0.340. The molecule has 0 saturated carbocycles. The summed E-state index contributed by atoms with van der Waals surface area (Å²) in [7, 11) is 2.05. The summed E-state index contributed by atoms with van der Waals surface area (Å²) in [5.41, 5.74) is 6.78. The minimum Gasteiger partial charge on any atom is -0.327 e. The zero-order valence-corrected chi connectivity index (χ0v) is 7.22. The molecule has 0 radical (unpaired) electrons. The van der Waals surface area contributed by atoms with Crippen LogP contribution < -0.4 is 5.73 Å². The van der Waals surface area contributed by atoms with Crippen molar-refractivity contribution in [3.63, 3.8) is 0 Å². The van der Waals surface area contributed by atoms with E-state index in [0.29, 0.717) is 0 Å². The molecule has 2 N–H and O–H groups in total. The second-order valence-corrected chi connectivity index (χ2v) is 3.13. The summed E-state index contributed by atoms with van der Waals surface area (Å²) in [5, 5.41) is 0. The summed E-state index contributed by atoms with van der Waals surface area (Å²) in [6, 6.07) is 0.254. The summed E-state index contributed by atoms with van der Waals surface area (Å²) in [6.45, 7) is 9.74. The first-order valence-corrected chi connectivity index (χ1v) is 3.61. The van der Waals surface area contributed by atoms with E-state index in [9.17, 15) is 0 Å². The third kappa shape index (κ3) is 5.79. The van der Waals surface area contributed by atoms with Crippen molar-refractivity contribution >= 4 is 0 Å². The molecule has 0 bridgehead atoms. The molecule has 0 heterocycles. The molecule has 0 aliphatic rings. The number of rotatable bonds is 4. The van der Waals surface area contributed by atoms with Crippen molar-refractivity contribution in [2.24, 2.45) is 5.73 Å². The maximum atomic E-state index is 5.60. The maximum Gasteiger partial charge on any atom is 0.0185 e. The van der Waals surface area contributed by atoms with Gasteiger partial charge in [0.2, 0.25) is 0 Å². The molecule has 2 nitrogen and oxygen atoms in total. The van der Waals surface area contributed by atoms with Crippen molar-refractivity contribution in [2.75, 3.05) is 20.1 Å². The zero-order valence-electron chi connectivity index (χ0n) is 7.22. The average Bonchev–Trinajstić information content (AvgIpc) is 1.58. The molecule has 0 spiro atoms. The van der Waals surface area contributed by atoms with Gasteiger partial charge in [-0.25, -0.2) is 0 Å². The van der Waals surface area contributed by atoms with E-state index < -0.39 is 0 Å². The van der Waals surface area contributed by atoms with Crippen LogP contribution >= 0.6 is 0 Å². The molecule has 2 heteroatoms. The Bertz CT molecular complexity index is 108. The van der Waals surface area contributed by atoms with Gasteiger partial charge >= 0.3 is 0 Å². The average molecular weight is 142 g/mol. The summed E-state index contributed by atoms with van der Waals surface area (Å²) >= 11 is 0. The third-order valence-corrected chi connectivity index (χ3v) is 1.14. The van der Waals surface area contributed by atoms with Crippen molar-refractivity contribution in [1.82, 2.24) is 4.90 Å². The number of hydrogen-bond acceptors (Lipinski definition) is 2. The highest BCUT2D eigenvalue weighted by Crippen LogP contribution is 1.92. The smallest absolute Gasteiger partial charge is 0.0185 e. The predicted octanol–water partition coefficient (Wildman–Crippen LogP) is 0.841. The van der Waals surface area contributed by atoms with Gasteiger partial charge in [0.05, 0.1) is 0 Å². The lowest BCUT2D eigenvalue weighted by atomic mass is 10.3. The predicted molar refractivity (Wildman–Crippen MR) is 46.0 cm³/mol. The van der Waals surface area contributed by atoms with Gasteiger partial charge in [0.25, 0.3) is 0 Å². The quantitative estimate of drug-likeness (QED) is 0.589. The summed E-state index contributed by atoms with van der Waals surface area (Å²) in [6.07, 6.45) is 0. The lowest BCUT2D eigenvalue weighted by Gasteiger charge is -2.18. The molecule has 1 unspecified atom stereocenters. The Morgan fingerprint density at radius 3 is 2.50 bits per heavy atom. The SMILES string of the molecule is C=C(C)CN(C)CC(C)N. The number of likely N-dealkylation sites (N-methyl/N-ethyl adjacent to an activating group) is 1. The highest BCUT2D eigenvalue weighted by molar-refractivity contribution is 4.91. The first kappa shape index (κ1) is 9.66. The van der Waals surface area contributed by atoms with Crippen molar-refractivity contribution in [3.8, 4) is 0 Å². The molecule has 0 aromatic rings. The Morgan fingerprint density at radius 1 is 1.70 bits per heavy atom. The molecular formula is C8H18N2. The van der Waals surface area contributed by atoms with Gasteiger partial charge in [-0.05, 0) is 20.9 Å². The largest absolute Gasteiger partial charge is 0.327 e. The van der Waals surface area contributed by atoms with Gasteiger partial charge in [-0.2, -0.15) is 0 Å². The van der Waals surface area contributed by atoms with Gasteiger partial charge in [-0.15, -0.1) is 0 Å². The maximum absolute atomic E-state index is 5.60. The zero-order chi connectivity index (χ0) is 8.15. The van der Waals surface area contributed by atoms with E-state index in [4.69, 9.17) is 5.73 Å². The molecule has 0 fully saturated rings. The lowest BCUT2D eigenvalue weighted by Crippen LogP contribution is -2.33. The van der Waals surface area contributed by atoms with E-state index in [-0.39, 0.29) is 6.04 Å². The Morgan fingerprint density at radius 2 is 2.20 bits per heavy atom. The number of hydrogen-bond donors (Lipinski definition) is 1. The van der Waals surface area contributed by atoms with Crippen LogP contribution in [0.15, 0.2) is 12.2 Å². The van der Waals surface area contributed by atoms with E-state index in [0.717, 1.165) is 13.1 Å². The van der Waals surface area contributed by atoms with Crippen LogP contribution in [-0.2, 0) is 0 Å². The molecule has 0 aromatic heterocycles. The van der Waals surface area contributed by atoms with Gasteiger partial charge in [-0.3, -0.25) is 0 Å². The van der Waals surface area contributed by atoms with E-state index in [1.165, 1.54) is 5.57 Å². The summed E-state index contributed by atoms with van der Waals surface area (Å²) in [5.74, 6) is 0. The standard InChI is InChI=1S/C8H18N2/c1-7(2)5-10(4)6-8(3)9/h8H,1,5-6,9H2,2-4H3. The van der Waals surface area contributed by atoms with Crippen LogP contribution in [-0.4, -0.2) is 31.1 Å². The van der Waals surface area contributed by atoms with Crippen LogP contribution in [0.1, 0.15) is 13.8 Å². The minimum atomic E-state index is 0.254. The third-order valence-electron chi connectivity index (χ3n) is 1.14. The molecule has 0 aliphatic carbocycles. The molecule has 0 amide bonds. The van der Waals surface area contributed by atoms with Gasteiger partial charge in [0.1, 0.15) is 0 Å². The van der Waals surface area contributed by atoms with Crippen LogP contribution in [0.5, 0.6) is 0 Å². The van der Waals surface area contributed by atoms with Crippen molar-refractivity contribution in [2.45, 2.75) is 19.9 Å². The summed E-state index contributed by atoms with van der Waals surface area (Å²) < 4.78 is 0. The fourth-order valence-corrected chi connectivity index (χ4v) is 1.02. The van der Waals surface area contributed by atoms with Crippen LogP contribution in [0.25, 0.3) is 0 Å². The van der Waals surface area contributed by atoms with E-state index in [1.54, 1.807) is 0 Å². The van der Waals surface area contributed by atoms with Crippen LogP contribution in [0, 0.1) is 0 Å². The molecule has 0 rings (SSSR count). The Kier molecular flexibility index (Phi) is 4.32. The molecule has 0 aromatic carbocycles. The van der Waals surface area contributed by atoms with Gasteiger partial charge in [-0.1, -0.05) is 12.2 Å². The van der Waals surface area contributed by atoms with Gasteiger partial charge < -0.3 is 10.6 Å². The van der Waals surface area contributed by atoms with Crippen LogP contribution in [0.2, 0.25) is 0 Å². The minimum absolute atomic E-state index is 0.254. The van der Waals surface area contributed by atoms with E-state index in [2.05, 4.69) is 18.5 Å². The van der Waals surface area contributed by atoms with Crippen LogP contribution in [0.4, 0.5) is 0 Å². The Labute approximate surface area is 63.7 Å². The molecule has 60 valence electrons. The molecule has 0 aliphatic heterocycles. The Balaban J connectivity index is 3.43. The number of nitrogens with zero attached hydrogens (tertiary/aromatic N) is 1. The van der Waals surface area contributed by atoms with E-state index in [1.807, 2.05) is 13.8 Å². The van der Waals surface area contributed by atoms with Gasteiger partial charge in [0, 0.05) is 19.1 Å². The number of nitrogens with two attached hydrogens (primary N) is 1. The van der Waals surface area contributed by atoms with Crippen molar-refractivity contribution < 1.29 is 0 Å². The highest BCUT2D eigenvalue weighted by Gasteiger charge is 2.00. The molecular weight excluding hydrogens is 124 g/mol. The van der Waals surface area contributed by atoms with Crippen molar-refractivity contribution in [3.05, 3.63) is 12.2 Å². The topological polar surface area (TPSA) is 29.3 Å². The van der Waals surface area contributed by atoms with E-state index >= 15 is 0 Å². The summed E-state index contributed by atoms with van der Waals surface area (Å²) in [4.78, 5) is 2.17. The highest BCUT2D eigenvalue weighted by atomic mass is 15.1. The lowest BCUT2D eigenvalue weighted by molar-refractivity contribution is 0.342. The van der Waals surface area contributed by atoms with Crippen molar-refractivity contribution in [1.29, 1.82) is 0 Å². The molecule has 10 heavy (non-hydrogen) atoms. The fraction of sp³-hybridized carbons (Fsp3) is 0.750. The second kappa shape index (κ2) is 4.47. The van der Waals surface area contributed by atoms with Crippen LogP contribution in [0.3, 0.4) is 0 Å². The van der Waals surface area contributed by atoms with Gasteiger partial charge in [0.15, 0.2) is 0 Å². The fourth-order valence-electron chi connectivity index (χ4n) is 1.02. The normalized spacial score (nSPS) is 13.7. The molecule has 0 saturated heterocycles.